The number of carbonyl (C=O) groups excluding carboxylic acids is 2. The van der Waals surface area contributed by atoms with Crippen LogP contribution in [0.3, 0.4) is 0 Å². The van der Waals surface area contributed by atoms with E-state index in [4.69, 9.17) is 16.2 Å². The quantitative estimate of drug-likeness (QED) is 0.749. The highest BCUT2D eigenvalue weighted by molar-refractivity contribution is 5.92. The number of hydrogen-bond donors (Lipinski definition) is 2. The van der Waals surface area contributed by atoms with E-state index in [9.17, 15) is 9.59 Å². The molecular formula is C14H25N3O3. The zero-order chi connectivity index (χ0) is 15.1. The van der Waals surface area contributed by atoms with Crippen molar-refractivity contribution in [2.75, 3.05) is 19.7 Å². The lowest BCUT2D eigenvalue weighted by Gasteiger charge is -2.65. The number of fused-ring (bicyclic) bond motifs is 1. The number of rotatable bonds is 4. The predicted octanol–water partition coefficient (Wildman–Crippen LogP) is -0.147. The Morgan fingerprint density at radius 1 is 1.40 bits per heavy atom. The minimum Gasteiger partial charge on any atom is -0.377 e. The van der Waals surface area contributed by atoms with Crippen molar-refractivity contribution >= 4 is 11.8 Å². The van der Waals surface area contributed by atoms with Gasteiger partial charge in [-0.3, -0.25) is 9.59 Å². The number of nitrogens with zero attached hydrogens (tertiary/aromatic N) is 1. The maximum Gasteiger partial charge on any atom is 0.244 e. The Labute approximate surface area is 119 Å². The second-order valence-corrected chi connectivity index (χ2v) is 6.42. The lowest BCUT2D eigenvalue weighted by Crippen LogP contribution is -2.82. The molecule has 1 saturated carbocycles. The van der Waals surface area contributed by atoms with Crippen LogP contribution >= 0.6 is 0 Å². The molecule has 2 aliphatic rings. The van der Waals surface area contributed by atoms with Crippen LogP contribution in [-0.2, 0) is 14.3 Å². The summed E-state index contributed by atoms with van der Waals surface area (Å²) in [6.07, 6.45) is 1.84. The number of nitrogens with two attached hydrogens (primary N) is 2. The van der Waals surface area contributed by atoms with Crippen molar-refractivity contribution in [3.05, 3.63) is 0 Å². The molecule has 0 aromatic carbocycles. The van der Waals surface area contributed by atoms with Gasteiger partial charge in [-0.2, -0.15) is 0 Å². The van der Waals surface area contributed by atoms with Crippen molar-refractivity contribution in [2.45, 2.75) is 45.3 Å². The molecule has 1 aliphatic heterocycles. The third-order valence-corrected chi connectivity index (χ3v) is 5.05. The summed E-state index contributed by atoms with van der Waals surface area (Å²) in [6.45, 7) is 6.83. The standard InChI is InChI=1S/C14H25N3O3/c1-4-17(8-10(15)18)12(19)14(16)9-6-5-7-20-11(9)13(14,2)3/h9,11H,4-8,16H2,1-3H3,(H2,15,18). The van der Waals surface area contributed by atoms with Crippen molar-refractivity contribution in [1.29, 1.82) is 0 Å². The normalized spacial score (nSPS) is 34.8. The lowest BCUT2D eigenvalue weighted by molar-refractivity contribution is -0.230. The SMILES string of the molecule is CCN(CC(N)=O)C(=O)C1(N)C2CCCOC2C1(C)C. The number of hydrogen-bond acceptors (Lipinski definition) is 4. The summed E-state index contributed by atoms with van der Waals surface area (Å²) in [4.78, 5) is 25.4. The van der Waals surface area contributed by atoms with E-state index in [1.807, 2.05) is 20.8 Å². The van der Waals surface area contributed by atoms with E-state index in [2.05, 4.69) is 0 Å². The van der Waals surface area contributed by atoms with Gasteiger partial charge in [0.25, 0.3) is 0 Å². The Kier molecular flexibility index (Phi) is 3.81. The summed E-state index contributed by atoms with van der Waals surface area (Å²) in [5.41, 5.74) is 10.3. The van der Waals surface area contributed by atoms with Gasteiger partial charge in [0, 0.05) is 24.5 Å². The Bertz CT molecular complexity index is 424. The van der Waals surface area contributed by atoms with Crippen LogP contribution in [0, 0.1) is 11.3 Å². The van der Waals surface area contributed by atoms with Crippen LogP contribution in [0.15, 0.2) is 0 Å². The van der Waals surface area contributed by atoms with Crippen LogP contribution in [0.2, 0.25) is 0 Å². The van der Waals surface area contributed by atoms with E-state index in [0.717, 1.165) is 19.4 Å². The van der Waals surface area contributed by atoms with Crippen LogP contribution in [0.4, 0.5) is 0 Å². The van der Waals surface area contributed by atoms with Gasteiger partial charge >= 0.3 is 0 Å². The van der Waals surface area contributed by atoms with Gasteiger partial charge in [-0.1, -0.05) is 13.8 Å². The smallest absolute Gasteiger partial charge is 0.244 e. The Hall–Kier alpha value is -1.14. The largest absolute Gasteiger partial charge is 0.377 e. The molecule has 1 heterocycles. The Morgan fingerprint density at radius 3 is 2.60 bits per heavy atom. The first-order valence-corrected chi connectivity index (χ1v) is 7.25. The average molecular weight is 283 g/mol. The second kappa shape index (κ2) is 5.00. The van der Waals surface area contributed by atoms with Crippen molar-refractivity contribution in [1.82, 2.24) is 4.90 Å². The van der Waals surface area contributed by atoms with E-state index in [0.29, 0.717) is 6.54 Å². The molecule has 0 aromatic rings. The molecular weight excluding hydrogens is 258 g/mol. The summed E-state index contributed by atoms with van der Waals surface area (Å²) in [5.74, 6) is -0.673. The number of ether oxygens (including phenoxy) is 1. The van der Waals surface area contributed by atoms with Gasteiger partial charge in [-0.15, -0.1) is 0 Å². The summed E-state index contributed by atoms with van der Waals surface area (Å²) >= 11 is 0. The molecule has 2 rings (SSSR count). The summed E-state index contributed by atoms with van der Waals surface area (Å²) in [7, 11) is 0. The van der Waals surface area contributed by atoms with Crippen molar-refractivity contribution < 1.29 is 14.3 Å². The minimum absolute atomic E-state index is 0.0254. The molecule has 2 fully saturated rings. The van der Waals surface area contributed by atoms with E-state index in [1.54, 1.807) is 0 Å². The molecule has 1 aliphatic carbocycles. The van der Waals surface area contributed by atoms with Gasteiger partial charge in [0.15, 0.2) is 0 Å². The van der Waals surface area contributed by atoms with E-state index in [1.165, 1.54) is 4.90 Å². The third kappa shape index (κ3) is 1.93. The number of primary amides is 1. The van der Waals surface area contributed by atoms with Gasteiger partial charge in [-0.25, -0.2) is 0 Å². The van der Waals surface area contributed by atoms with Crippen LogP contribution in [-0.4, -0.2) is 48.1 Å². The van der Waals surface area contributed by atoms with E-state index < -0.39 is 16.9 Å². The molecule has 6 nitrogen and oxygen atoms in total. The minimum atomic E-state index is -0.969. The topological polar surface area (TPSA) is 98.7 Å². The molecule has 0 spiro atoms. The summed E-state index contributed by atoms with van der Waals surface area (Å²) in [5, 5.41) is 0. The number of likely N-dealkylation sites (N-methyl/N-ethyl adjacent to an activating group) is 1. The lowest BCUT2D eigenvalue weighted by atomic mass is 9.46. The van der Waals surface area contributed by atoms with Crippen LogP contribution in [0.1, 0.15) is 33.6 Å². The average Bonchev–Trinajstić information content (AvgIpc) is 2.42. The number of amides is 2. The molecule has 2 amide bonds. The summed E-state index contributed by atoms with van der Waals surface area (Å²) < 4.78 is 5.79. The van der Waals surface area contributed by atoms with E-state index in [-0.39, 0.29) is 24.5 Å². The zero-order valence-corrected chi connectivity index (χ0v) is 12.5. The second-order valence-electron chi connectivity index (χ2n) is 6.42. The fourth-order valence-electron chi connectivity index (χ4n) is 3.79. The summed E-state index contributed by atoms with van der Waals surface area (Å²) in [6, 6.07) is 0. The molecule has 20 heavy (non-hydrogen) atoms. The zero-order valence-electron chi connectivity index (χ0n) is 12.5. The van der Waals surface area contributed by atoms with E-state index >= 15 is 0 Å². The molecule has 0 aromatic heterocycles. The van der Waals surface area contributed by atoms with Crippen molar-refractivity contribution in [3.8, 4) is 0 Å². The molecule has 4 N–H and O–H groups in total. The highest BCUT2D eigenvalue weighted by atomic mass is 16.5. The van der Waals surface area contributed by atoms with Crippen molar-refractivity contribution in [2.24, 2.45) is 22.8 Å². The molecule has 3 unspecified atom stereocenters. The first kappa shape index (κ1) is 15.3. The van der Waals surface area contributed by atoms with Crippen molar-refractivity contribution in [3.63, 3.8) is 0 Å². The van der Waals surface area contributed by atoms with Crippen LogP contribution in [0.5, 0.6) is 0 Å². The molecule has 0 radical (unpaired) electrons. The Morgan fingerprint density at radius 2 is 2.05 bits per heavy atom. The number of carbonyl (C=O) groups is 2. The molecule has 0 bridgehead atoms. The fraction of sp³-hybridized carbons (Fsp3) is 0.857. The molecule has 114 valence electrons. The molecule has 6 heteroatoms. The monoisotopic (exact) mass is 283 g/mol. The fourth-order valence-corrected chi connectivity index (χ4v) is 3.79. The maximum absolute atomic E-state index is 12.8. The first-order valence-electron chi connectivity index (χ1n) is 7.25. The van der Waals surface area contributed by atoms with Gasteiger partial charge in [0.1, 0.15) is 5.54 Å². The molecule has 1 saturated heterocycles. The van der Waals surface area contributed by atoms with Crippen LogP contribution < -0.4 is 11.5 Å². The first-order chi connectivity index (χ1) is 9.26. The van der Waals surface area contributed by atoms with Gasteiger partial charge in [0.05, 0.1) is 12.6 Å². The van der Waals surface area contributed by atoms with Gasteiger partial charge in [0.2, 0.25) is 11.8 Å². The van der Waals surface area contributed by atoms with Gasteiger partial charge in [-0.05, 0) is 19.8 Å². The molecule has 3 atom stereocenters. The highest BCUT2D eigenvalue weighted by Gasteiger charge is 2.70. The third-order valence-electron chi connectivity index (χ3n) is 5.05. The van der Waals surface area contributed by atoms with Gasteiger partial charge < -0.3 is 21.1 Å². The van der Waals surface area contributed by atoms with Crippen LogP contribution in [0.25, 0.3) is 0 Å². The predicted molar refractivity (Wildman–Crippen MR) is 74.6 cm³/mol. The maximum atomic E-state index is 12.8. The Balaban J connectivity index is 2.24. The highest BCUT2D eigenvalue weighted by Crippen LogP contribution is 2.57.